The maximum atomic E-state index is 12.7. The molecule has 0 N–H and O–H groups in total. The van der Waals surface area contributed by atoms with Crippen LogP contribution in [0.4, 0.5) is 5.69 Å². The number of nitrogens with zero attached hydrogens (tertiary/aromatic N) is 3. The van der Waals surface area contributed by atoms with Gasteiger partial charge in [-0.3, -0.25) is 9.79 Å². The first-order valence-corrected chi connectivity index (χ1v) is 10.2. The highest BCUT2D eigenvalue weighted by Crippen LogP contribution is 2.47. The fourth-order valence-corrected chi connectivity index (χ4v) is 3.93. The van der Waals surface area contributed by atoms with Crippen LogP contribution in [0.2, 0.25) is 5.02 Å². The quantitative estimate of drug-likeness (QED) is 0.582. The Balaban J connectivity index is 2.08. The highest BCUT2D eigenvalue weighted by Gasteiger charge is 2.30. The number of anilines is 1. The van der Waals surface area contributed by atoms with E-state index in [-0.39, 0.29) is 12.5 Å². The number of carbonyl (C=O) groups is 1. The van der Waals surface area contributed by atoms with Gasteiger partial charge in [0.2, 0.25) is 5.91 Å². The van der Waals surface area contributed by atoms with Gasteiger partial charge in [0.1, 0.15) is 18.0 Å². The third kappa shape index (κ3) is 3.68. The molecule has 0 fully saturated rings. The van der Waals surface area contributed by atoms with Crippen LogP contribution in [0.3, 0.4) is 0 Å². The molecule has 0 atom stereocenters. The van der Waals surface area contributed by atoms with E-state index in [1.54, 1.807) is 56.5 Å². The molecule has 0 aliphatic carbocycles. The fourth-order valence-electron chi connectivity index (χ4n) is 3.81. The first kappa shape index (κ1) is 21.4. The number of methoxy groups -OCH3 is 2. The van der Waals surface area contributed by atoms with Crippen LogP contribution in [0.5, 0.6) is 11.5 Å². The van der Waals surface area contributed by atoms with Gasteiger partial charge >= 0.3 is 0 Å². The van der Waals surface area contributed by atoms with E-state index in [2.05, 4.69) is 11.1 Å². The molecular weight excluding hydrogens is 426 g/mol. The number of nitriles is 1. The van der Waals surface area contributed by atoms with Gasteiger partial charge in [0, 0.05) is 23.7 Å². The molecule has 0 saturated heterocycles. The van der Waals surface area contributed by atoms with Crippen LogP contribution in [-0.4, -0.2) is 39.4 Å². The second kappa shape index (κ2) is 8.74. The lowest BCUT2D eigenvalue weighted by molar-refractivity contribution is -0.116. The lowest BCUT2D eigenvalue weighted by Gasteiger charge is -2.24. The SMILES string of the molecule is COc1cc2c(c(OC)c1-c1ccc(Cl)cc1)C(c1cccc(C#N)c1)=NCC(=O)N2C. The van der Waals surface area contributed by atoms with Crippen LogP contribution < -0.4 is 14.4 Å². The molecule has 1 aliphatic rings. The van der Waals surface area contributed by atoms with Crippen molar-refractivity contribution in [2.24, 2.45) is 4.99 Å². The number of aliphatic imine (C=N–C) groups is 1. The van der Waals surface area contributed by atoms with Crippen molar-refractivity contribution in [1.82, 2.24) is 0 Å². The molecule has 0 radical (unpaired) electrons. The van der Waals surface area contributed by atoms with Gasteiger partial charge in [-0.2, -0.15) is 5.26 Å². The van der Waals surface area contributed by atoms with Crippen molar-refractivity contribution in [1.29, 1.82) is 5.26 Å². The van der Waals surface area contributed by atoms with E-state index < -0.39 is 0 Å². The van der Waals surface area contributed by atoms with Gasteiger partial charge in [-0.25, -0.2) is 0 Å². The highest BCUT2D eigenvalue weighted by molar-refractivity contribution is 6.30. The van der Waals surface area contributed by atoms with Crippen molar-refractivity contribution in [2.45, 2.75) is 0 Å². The predicted molar refractivity (Wildman–Crippen MR) is 125 cm³/mol. The van der Waals surface area contributed by atoms with Gasteiger partial charge in [-0.1, -0.05) is 35.9 Å². The van der Waals surface area contributed by atoms with E-state index in [4.69, 9.17) is 21.1 Å². The van der Waals surface area contributed by atoms with Crippen LogP contribution in [0.25, 0.3) is 11.1 Å². The first-order valence-electron chi connectivity index (χ1n) is 9.85. The number of ether oxygens (including phenoxy) is 2. The van der Waals surface area contributed by atoms with Gasteiger partial charge < -0.3 is 14.4 Å². The minimum atomic E-state index is -0.166. The number of hydrogen-bond acceptors (Lipinski definition) is 5. The molecule has 3 aromatic carbocycles. The van der Waals surface area contributed by atoms with E-state index in [0.29, 0.717) is 39.0 Å². The normalized spacial score (nSPS) is 13.0. The zero-order valence-electron chi connectivity index (χ0n) is 17.8. The number of benzene rings is 3. The summed E-state index contributed by atoms with van der Waals surface area (Å²) in [4.78, 5) is 18.9. The average Bonchev–Trinajstić information content (AvgIpc) is 2.95. The van der Waals surface area contributed by atoms with E-state index in [1.165, 1.54) is 0 Å². The summed E-state index contributed by atoms with van der Waals surface area (Å²) in [7, 11) is 4.85. The summed E-state index contributed by atoms with van der Waals surface area (Å²) in [6.45, 7) is -0.0287. The monoisotopic (exact) mass is 445 g/mol. The molecule has 1 aliphatic heterocycles. The van der Waals surface area contributed by atoms with Crippen LogP contribution in [0.15, 0.2) is 59.6 Å². The topological polar surface area (TPSA) is 74.9 Å². The molecule has 3 aromatic rings. The summed E-state index contributed by atoms with van der Waals surface area (Å²) in [6, 6.07) is 18.5. The standard InChI is InChI=1S/C25H20ClN3O3/c1-29-19-12-20(31-2)22(16-7-9-18(26)10-8-16)25(32-3)23(19)24(28-14-21(29)30)17-6-4-5-15(11-17)13-27/h4-12H,14H2,1-3H3. The van der Waals surface area contributed by atoms with E-state index in [1.807, 2.05) is 24.3 Å². The molecule has 4 rings (SSSR count). The lowest BCUT2D eigenvalue weighted by Crippen LogP contribution is -2.28. The number of likely N-dealkylation sites (N-methyl/N-ethyl adjacent to an activating group) is 1. The summed E-state index contributed by atoms with van der Waals surface area (Å²) in [5.41, 5.74) is 4.62. The molecule has 160 valence electrons. The van der Waals surface area contributed by atoms with Crippen LogP contribution in [0.1, 0.15) is 16.7 Å². The van der Waals surface area contributed by atoms with Gasteiger partial charge in [0.05, 0.1) is 48.4 Å². The summed E-state index contributed by atoms with van der Waals surface area (Å²) in [5.74, 6) is 0.903. The van der Waals surface area contributed by atoms with Gasteiger partial charge in [0.25, 0.3) is 0 Å². The van der Waals surface area contributed by atoms with Crippen LogP contribution in [0, 0.1) is 11.3 Å². The second-order valence-electron chi connectivity index (χ2n) is 7.20. The molecule has 7 heteroatoms. The number of rotatable bonds is 4. The molecule has 0 aromatic heterocycles. The van der Waals surface area contributed by atoms with Crippen molar-refractivity contribution >= 4 is 28.9 Å². The molecule has 1 amide bonds. The number of carbonyl (C=O) groups excluding carboxylic acids is 1. The third-order valence-corrected chi connectivity index (χ3v) is 5.64. The van der Waals surface area contributed by atoms with E-state index in [9.17, 15) is 10.1 Å². The largest absolute Gasteiger partial charge is 0.496 e. The molecule has 0 unspecified atom stereocenters. The van der Waals surface area contributed by atoms with Gasteiger partial charge in [-0.05, 0) is 29.8 Å². The van der Waals surface area contributed by atoms with E-state index >= 15 is 0 Å². The fraction of sp³-hybridized carbons (Fsp3) is 0.160. The van der Waals surface area contributed by atoms with Crippen molar-refractivity contribution in [3.8, 4) is 28.7 Å². The first-order chi connectivity index (χ1) is 15.5. The second-order valence-corrected chi connectivity index (χ2v) is 7.63. The number of benzodiazepines with no additional fused rings is 1. The Bertz CT molecular complexity index is 1280. The van der Waals surface area contributed by atoms with Crippen LogP contribution >= 0.6 is 11.6 Å². The van der Waals surface area contributed by atoms with Crippen molar-refractivity contribution in [3.05, 3.63) is 76.3 Å². The van der Waals surface area contributed by atoms with Crippen molar-refractivity contribution in [2.75, 3.05) is 32.7 Å². The molecule has 0 bridgehead atoms. The summed E-state index contributed by atoms with van der Waals surface area (Å²) >= 11 is 6.10. The Morgan fingerprint density at radius 2 is 1.78 bits per heavy atom. The minimum Gasteiger partial charge on any atom is -0.496 e. The van der Waals surface area contributed by atoms with Crippen molar-refractivity contribution < 1.29 is 14.3 Å². The zero-order chi connectivity index (χ0) is 22.8. The summed E-state index contributed by atoms with van der Waals surface area (Å²) < 4.78 is 11.6. The molecule has 0 saturated carbocycles. The molecule has 32 heavy (non-hydrogen) atoms. The number of halogens is 1. The molecule has 1 heterocycles. The minimum absolute atomic E-state index is 0.0287. The molecule has 0 spiro atoms. The Morgan fingerprint density at radius 3 is 2.44 bits per heavy atom. The number of fused-ring (bicyclic) bond motifs is 1. The zero-order valence-corrected chi connectivity index (χ0v) is 18.6. The Labute approximate surface area is 191 Å². The Kier molecular flexibility index (Phi) is 5.85. The third-order valence-electron chi connectivity index (χ3n) is 5.39. The van der Waals surface area contributed by atoms with Gasteiger partial charge in [0.15, 0.2) is 0 Å². The summed E-state index contributed by atoms with van der Waals surface area (Å²) in [5, 5.41) is 9.99. The smallest absolute Gasteiger partial charge is 0.248 e. The van der Waals surface area contributed by atoms with Crippen molar-refractivity contribution in [3.63, 3.8) is 0 Å². The van der Waals surface area contributed by atoms with Crippen LogP contribution in [-0.2, 0) is 4.79 Å². The average molecular weight is 446 g/mol. The predicted octanol–water partition coefficient (Wildman–Crippen LogP) is 4.71. The van der Waals surface area contributed by atoms with E-state index in [0.717, 1.165) is 16.7 Å². The molecule has 6 nitrogen and oxygen atoms in total. The summed E-state index contributed by atoms with van der Waals surface area (Å²) in [6.07, 6.45) is 0. The van der Waals surface area contributed by atoms with Gasteiger partial charge in [-0.15, -0.1) is 0 Å². The lowest BCUT2D eigenvalue weighted by atomic mass is 9.92. The maximum absolute atomic E-state index is 12.7. The maximum Gasteiger partial charge on any atom is 0.248 e. The number of hydrogen-bond donors (Lipinski definition) is 0. The Hall–Kier alpha value is -3.82. The number of amides is 1. The Morgan fingerprint density at radius 1 is 1.03 bits per heavy atom. The molecular formula is C25H20ClN3O3. The highest BCUT2D eigenvalue weighted by atomic mass is 35.5.